The molecule has 0 fully saturated rings. The second-order valence-electron chi connectivity index (χ2n) is 4.15. The summed E-state index contributed by atoms with van der Waals surface area (Å²) in [6.07, 6.45) is -0.00953. The number of ether oxygens (including phenoxy) is 2. The molecule has 0 unspecified atom stereocenters. The molecule has 0 spiro atoms. The van der Waals surface area contributed by atoms with Gasteiger partial charge in [0, 0.05) is 6.61 Å². The van der Waals surface area contributed by atoms with Crippen LogP contribution in [-0.2, 0) is 20.9 Å². The second kappa shape index (κ2) is 8.92. The average molecular weight is 281 g/mol. The lowest BCUT2D eigenvalue weighted by molar-refractivity contribution is -0.143. The molecule has 0 saturated carbocycles. The number of hydrogen-bond donors (Lipinski definition) is 2. The molecule has 1 aromatic carbocycles. The maximum atomic E-state index is 11.6. The Morgan fingerprint density at radius 3 is 2.60 bits per heavy atom. The van der Waals surface area contributed by atoms with Gasteiger partial charge in [-0.3, -0.25) is 0 Å². The summed E-state index contributed by atoms with van der Waals surface area (Å²) < 4.78 is 9.60. The number of carbonyl (C=O) groups excluding carboxylic acids is 2. The number of amides is 1. The Kier molecular flexibility index (Phi) is 7.13. The molecule has 0 heterocycles. The van der Waals surface area contributed by atoms with Crippen molar-refractivity contribution in [3.8, 4) is 0 Å². The van der Waals surface area contributed by atoms with Gasteiger partial charge in [-0.05, 0) is 18.4 Å². The van der Waals surface area contributed by atoms with Crippen molar-refractivity contribution in [2.45, 2.75) is 25.5 Å². The number of aliphatic hydroxyl groups excluding tert-OH is 1. The number of methoxy groups -OCH3 is 1. The van der Waals surface area contributed by atoms with Gasteiger partial charge in [-0.2, -0.15) is 0 Å². The van der Waals surface area contributed by atoms with Gasteiger partial charge >= 0.3 is 12.1 Å². The first-order valence-corrected chi connectivity index (χ1v) is 6.33. The summed E-state index contributed by atoms with van der Waals surface area (Å²) >= 11 is 0. The molecule has 6 heteroatoms. The molecule has 1 rings (SSSR count). The summed E-state index contributed by atoms with van der Waals surface area (Å²) in [5.74, 6) is -0.560. The lowest BCUT2D eigenvalue weighted by atomic mass is 10.1. The van der Waals surface area contributed by atoms with E-state index in [1.54, 1.807) is 0 Å². The van der Waals surface area contributed by atoms with Gasteiger partial charge in [0.1, 0.15) is 12.6 Å². The molecule has 0 aromatic heterocycles. The van der Waals surface area contributed by atoms with E-state index in [9.17, 15) is 9.59 Å². The zero-order chi connectivity index (χ0) is 14.8. The normalized spacial score (nSPS) is 11.5. The highest BCUT2D eigenvalue weighted by Gasteiger charge is 2.21. The fraction of sp³-hybridized carbons (Fsp3) is 0.429. The van der Waals surface area contributed by atoms with E-state index in [4.69, 9.17) is 9.84 Å². The standard InChI is InChI=1S/C14H19NO5/c1-19-13(17)12(8-5-9-16)15-14(18)20-10-11-6-3-2-4-7-11/h2-4,6-7,12,16H,5,8-10H2,1H3,(H,15,18)/t12-/m1/s1. The largest absolute Gasteiger partial charge is 0.467 e. The summed E-state index contributed by atoms with van der Waals surface area (Å²) in [5, 5.41) is 11.2. The van der Waals surface area contributed by atoms with Crippen molar-refractivity contribution in [1.29, 1.82) is 0 Å². The third-order valence-electron chi connectivity index (χ3n) is 2.64. The lowest BCUT2D eigenvalue weighted by Crippen LogP contribution is -2.41. The van der Waals surface area contributed by atoms with E-state index in [2.05, 4.69) is 10.1 Å². The van der Waals surface area contributed by atoms with Crippen molar-refractivity contribution in [2.75, 3.05) is 13.7 Å². The third kappa shape index (κ3) is 5.71. The molecule has 0 aliphatic rings. The van der Waals surface area contributed by atoms with Crippen molar-refractivity contribution in [3.63, 3.8) is 0 Å². The van der Waals surface area contributed by atoms with E-state index < -0.39 is 18.1 Å². The highest BCUT2D eigenvalue weighted by Crippen LogP contribution is 2.03. The number of nitrogens with one attached hydrogen (secondary N) is 1. The number of carbonyl (C=O) groups is 2. The summed E-state index contributed by atoms with van der Waals surface area (Å²) in [5.41, 5.74) is 0.854. The molecule has 1 amide bonds. The molecule has 6 nitrogen and oxygen atoms in total. The smallest absolute Gasteiger partial charge is 0.408 e. The van der Waals surface area contributed by atoms with E-state index in [1.807, 2.05) is 30.3 Å². The van der Waals surface area contributed by atoms with Crippen LogP contribution in [0, 0.1) is 0 Å². The zero-order valence-electron chi connectivity index (χ0n) is 11.4. The van der Waals surface area contributed by atoms with Crippen molar-refractivity contribution < 1.29 is 24.2 Å². The summed E-state index contributed by atoms with van der Waals surface area (Å²) in [4.78, 5) is 23.1. The molecule has 20 heavy (non-hydrogen) atoms. The molecule has 2 N–H and O–H groups in total. The van der Waals surface area contributed by atoms with E-state index >= 15 is 0 Å². The number of aliphatic hydroxyl groups is 1. The van der Waals surface area contributed by atoms with Crippen LogP contribution in [0.2, 0.25) is 0 Å². The van der Waals surface area contributed by atoms with Gasteiger partial charge in [-0.1, -0.05) is 30.3 Å². The van der Waals surface area contributed by atoms with Gasteiger partial charge in [-0.15, -0.1) is 0 Å². The second-order valence-corrected chi connectivity index (χ2v) is 4.15. The molecule has 0 aliphatic heterocycles. The zero-order valence-corrected chi connectivity index (χ0v) is 11.4. The van der Waals surface area contributed by atoms with Crippen molar-refractivity contribution >= 4 is 12.1 Å². The average Bonchev–Trinajstić information content (AvgIpc) is 2.49. The first-order chi connectivity index (χ1) is 9.67. The highest BCUT2D eigenvalue weighted by molar-refractivity contribution is 5.81. The number of hydrogen-bond acceptors (Lipinski definition) is 5. The summed E-state index contributed by atoms with van der Waals surface area (Å²) in [6, 6.07) is 8.40. The molecule has 0 radical (unpaired) electrons. The Bertz CT molecular complexity index is 421. The first kappa shape index (κ1) is 16.0. The molecule has 110 valence electrons. The number of rotatable bonds is 7. The van der Waals surface area contributed by atoms with Gasteiger partial charge in [-0.25, -0.2) is 9.59 Å². The quantitative estimate of drug-likeness (QED) is 0.734. The van der Waals surface area contributed by atoms with Gasteiger partial charge in [0.05, 0.1) is 7.11 Å². The van der Waals surface area contributed by atoms with Gasteiger partial charge in [0.25, 0.3) is 0 Å². The minimum atomic E-state index is -0.810. The van der Waals surface area contributed by atoms with Crippen LogP contribution >= 0.6 is 0 Å². The van der Waals surface area contributed by atoms with Crippen LogP contribution in [0.4, 0.5) is 4.79 Å². The van der Waals surface area contributed by atoms with Crippen molar-refractivity contribution in [2.24, 2.45) is 0 Å². The Morgan fingerprint density at radius 1 is 1.30 bits per heavy atom. The molecule has 0 bridgehead atoms. The Balaban J connectivity index is 2.43. The first-order valence-electron chi connectivity index (χ1n) is 6.33. The topological polar surface area (TPSA) is 84.9 Å². The minimum Gasteiger partial charge on any atom is -0.467 e. The maximum absolute atomic E-state index is 11.6. The fourth-order valence-electron chi connectivity index (χ4n) is 1.59. The molecular weight excluding hydrogens is 262 g/mol. The van der Waals surface area contributed by atoms with Crippen LogP contribution in [0.5, 0.6) is 0 Å². The number of alkyl carbamates (subject to hydrolysis) is 1. The lowest BCUT2D eigenvalue weighted by Gasteiger charge is -2.15. The molecular formula is C14H19NO5. The fourth-order valence-corrected chi connectivity index (χ4v) is 1.59. The van der Waals surface area contributed by atoms with Gasteiger partial charge < -0.3 is 19.9 Å². The molecule has 1 aromatic rings. The Hall–Kier alpha value is -2.08. The minimum absolute atomic E-state index is 0.0613. The van der Waals surface area contributed by atoms with Gasteiger partial charge in [0.15, 0.2) is 0 Å². The third-order valence-corrected chi connectivity index (χ3v) is 2.64. The van der Waals surface area contributed by atoms with Crippen LogP contribution in [0.25, 0.3) is 0 Å². The maximum Gasteiger partial charge on any atom is 0.408 e. The van der Waals surface area contributed by atoms with Gasteiger partial charge in [0.2, 0.25) is 0 Å². The molecule has 0 aliphatic carbocycles. The SMILES string of the molecule is COC(=O)[C@@H](CCCO)NC(=O)OCc1ccccc1. The number of esters is 1. The van der Waals surface area contributed by atoms with E-state index in [1.165, 1.54) is 7.11 Å². The van der Waals surface area contributed by atoms with Crippen LogP contribution in [0.3, 0.4) is 0 Å². The summed E-state index contributed by atoms with van der Waals surface area (Å²) in [6.45, 7) is 0.0643. The summed E-state index contributed by atoms with van der Waals surface area (Å²) in [7, 11) is 1.24. The van der Waals surface area contributed by atoms with Crippen LogP contribution < -0.4 is 5.32 Å². The van der Waals surface area contributed by atoms with Crippen LogP contribution in [0.15, 0.2) is 30.3 Å². The van der Waals surface area contributed by atoms with Crippen molar-refractivity contribution in [1.82, 2.24) is 5.32 Å². The predicted octanol–water partition coefficient (Wildman–Crippen LogP) is 1.23. The van der Waals surface area contributed by atoms with E-state index in [-0.39, 0.29) is 13.2 Å². The number of benzene rings is 1. The van der Waals surface area contributed by atoms with Crippen LogP contribution in [0.1, 0.15) is 18.4 Å². The van der Waals surface area contributed by atoms with Crippen LogP contribution in [-0.4, -0.2) is 36.9 Å². The predicted molar refractivity (Wildman–Crippen MR) is 71.9 cm³/mol. The van der Waals surface area contributed by atoms with Crippen molar-refractivity contribution in [3.05, 3.63) is 35.9 Å². The van der Waals surface area contributed by atoms with E-state index in [0.29, 0.717) is 12.8 Å². The molecule has 0 saturated heterocycles. The monoisotopic (exact) mass is 281 g/mol. The highest BCUT2D eigenvalue weighted by atomic mass is 16.6. The Morgan fingerprint density at radius 2 is 2.00 bits per heavy atom. The van der Waals surface area contributed by atoms with E-state index in [0.717, 1.165) is 5.56 Å². The molecule has 1 atom stereocenters. The Labute approximate surface area is 117 Å².